The van der Waals surface area contributed by atoms with Crippen molar-refractivity contribution in [2.45, 2.75) is 12.2 Å². The molecule has 0 aromatic carbocycles. The van der Waals surface area contributed by atoms with E-state index in [2.05, 4.69) is 11.9 Å². The standard InChI is InChI=1S/C6H10F3NO/c1-2-5(3-11)10-4-6(7,8)9/h2,5,10-11H,1,3-4H2. The van der Waals surface area contributed by atoms with Crippen LogP contribution in [0.3, 0.4) is 0 Å². The van der Waals surface area contributed by atoms with Gasteiger partial charge in [0.05, 0.1) is 13.2 Å². The summed E-state index contributed by atoms with van der Waals surface area (Å²) in [6, 6.07) is -0.684. The molecule has 0 rings (SSSR count). The first-order valence-corrected chi connectivity index (χ1v) is 3.03. The molecule has 0 aliphatic rings. The van der Waals surface area contributed by atoms with Crippen LogP contribution in [-0.2, 0) is 0 Å². The topological polar surface area (TPSA) is 32.3 Å². The lowest BCUT2D eigenvalue weighted by Gasteiger charge is -2.12. The summed E-state index contributed by atoms with van der Waals surface area (Å²) in [6.07, 6.45) is -3.01. The first-order valence-electron chi connectivity index (χ1n) is 3.03. The van der Waals surface area contributed by atoms with Crippen LogP contribution in [0.15, 0.2) is 12.7 Å². The number of nitrogens with one attached hydrogen (secondary N) is 1. The number of hydrogen-bond donors (Lipinski definition) is 2. The number of alkyl halides is 3. The van der Waals surface area contributed by atoms with E-state index in [4.69, 9.17) is 5.11 Å². The monoisotopic (exact) mass is 169 g/mol. The second kappa shape index (κ2) is 4.35. The van der Waals surface area contributed by atoms with Gasteiger partial charge in [-0.25, -0.2) is 0 Å². The Hall–Kier alpha value is -0.550. The van der Waals surface area contributed by atoms with Crippen molar-refractivity contribution in [2.75, 3.05) is 13.2 Å². The first kappa shape index (κ1) is 10.4. The van der Waals surface area contributed by atoms with Crippen LogP contribution in [0.2, 0.25) is 0 Å². The van der Waals surface area contributed by atoms with Gasteiger partial charge in [-0.1, -0.05) is 6.08 Å². The predicted octanol–water partition coefficient (Wildman–Crippen LogP) is 0.685. The molecule has 0 spiro atoms. The third-order valence-corrected chi connectivity index (χ3v) is 1.05. The van der Waals surface area contributed by atoms with E-state index in [1.807, 2.05) is 0 Å². The summed E-state index contributed by atoms with van der Waals surface area (Å²) < 4.78 is 34.5. The summed E-state index contributed by atoms with van der Waals surface area (Å²) in [6.45, 7) is 1.76. The Balaban J connectivity index is 3.59. The highest BCUT2D eigenvalue weighted by atomic mass is 19.4. The summed E-state index contributed by atoms with van der Waals surface area (Å²) in [5.41, 5.74) is 0. The molecule has 1 atom stereocenters. The van der Waals surface area contributed by atoms with Gasteiger partial charge < -0.3 is 10.4 Å². The highest BCUT2D eigenvalue weighted by molar-refractivity contribution is 4.85. The Kier molecular flexibility index (Phi) is 4.14. The van der Waals surface area contributed by atoms with Gasteiger partial charge in [0.15, 0.2) is 0 Å². The van der Waals surface area contributed by atoms with E-state index in [9.17, 15) is 13.2 Å². The molecule has 2 nitrogen and oxygen atoms in total. The van der Waals surface area contributed by atoms with Crippen molar-refractivity contribution < 1.29 is 18.3 Å². The largest absolute Gasteiger partial charge is 0.401 e. The molecular formula is C6H10F3NO. The van der Waals surface area contributed by atoms with Gasteiger partial charge in [0.25, 0.3) is 0 Å². The number of hydrogen-bond acceptors (Lipinski definition) is 2. The number of aliphatic hydroxyl groups excluding tert-OH is 1. The van der Waals surface area contributed by atoms with Gasteiger partial charge in [-0.05, 0) is 0 Å². The van der Waals surface area contributed by atoms with Crippen LogP contribution in [-0.4, -0.2) is 30.5 Å². The maximum absolute atomic E-state index is 11.5. The van der Waals surface area contributed by atoms with E-state index in [1.165, 1.54) is 6.08 Å². The van der Waals surface area contributed by atoms with Gasteiger partial charge >= 0.3 is 6.18 Å². The SMILES string of the molecule is C=CC(CO)NCC(F)(F)F. The molecule has 11 heavy (non-hydrogen) atoms. The Morgan fingerprint density at radius 1 is 1.55 bits per heavy atom. The summed E-state index contributed by atoms with van der Waals surface area (Å²) in [7, 11) is 0. The number of aliphatic hydroxyl groups is 1. The van der Waals surface area contributed by atoms with E-state index < -0.39 is 18.8 Å². The highest BCUT2D eigenvalue weighted by Crippen LogP contribution is 2.12. The zero-order valence-corrected chi connectivity index (χ0v) is 5.86. The fourth-order valence-corrected chi connectivity index (χ4v) is 0.469. The maximum Gasteiger partial charge on any atom is 0.401 e. The van der Waals surface area contributed by atoms with Crippen LogP contribution in [0.5, 0.6) is 0 Å². The molecule has 2 N–H and O–H groups in total. The van der Waals surface area contributed by atoms with E-state index in [0.717, 1.165) is 0 Å². The maximum atomic E-state index is 11.5. The Labute approximate surface area is 62.7 Å². The Bertz CT molecular complexity index is 123. The van der Waals surface area contributed by atoms with Crippen molar-refractivity contribution in [3.05, 3.63) is 12.7 Å². The quantitative estimate of drug-likeness (QED) is 0.607. The smallest absolute Gasteiger partial charge is 0.394 e. The number of halogens is 3. The molecule has 0 aliphatic heterocycles. The van der Waals surface area contributed by atoms with Crippen molar-refractivity contribution in [3.8, 4) is 0 Å². The van der Waals surface area contributed by atoms with E-state index >= 15 is 0 Å². The third-order valence-electron chi connectivity index (χ3n) is 1.05. The molecule has 5 heteroatoms. The minimum atomic E-state index is -4.24. The Morgan fingerprint density at radius 2 is 2.09 bits per heavy atom. The molecule has 66 valence electrons. The molecule has 0 fully saturated rings. The van der Waals surface area contributed by atoms with Gasteiger partial charge in [0.1, 0.15) is 0 Å². The zero-order valence-electron chi connectivity index (χ0n) is 5.86. The van der Waals surface area contributed by atoms with E-state index in [-0.39, 0.29) is 6.61 Å². The van der Waals surface area contributed by atoms with Gasteiger partial charge in [0, 0.05) is 6.04 Å². The van der Waals surface area contributed by atoms with Crippen LogP contribution < -0.4 is 5.32 Å². The van der Waals surface area contributed by atoms with Gasteiger partial charge in [0.2, 0.25) is 0 Å². The third kappa shape index (κ3) is 5.87. The molecule has 0 aromatic heterocycles. The molecule has 0 aromatic rings. The lowest BCUT2D eigenvalue weighted by atomic mass is 10.3. The lowest BCUT2D eigenvalue weighted by Crippen LogP contribution is -2.37. The summed E-state index contributed by atoms with van der Waals surface area (Å²) in [5, 5.41) is 10.5. The van der Waals surface area contributed by atoms with Crippen molar-refractivity contribution in [1.29, 1.82) is 0 Å². The fraction of sp³-hybridized carbons (Fsp3) is 0.667. The van der Waals surface area contributed by atoms with Crippen molar-refractivity contribution in [3.63, 3.8) is 0 Å². The van der Waals surface area contributed by atoms with Gasteiger partial charge in [-0.2, -0.15) is 13.2 Å². The molecule has 0 bridgehead atoms. The van der Waals surface area contributed by atoms with E-state index in [1.54, 1.807) is 0 Å². The molecular weight excluding hydrogens is 159 g/mol. The van der Waals surface area contributed by atoms with Crippen molar-refractivity contribution >= 4 is 0 Å². The van der Waals surface area contributed by atoms with Crippen molar-refractivity contribution in [1.82, 2.24) is 5.32 Å². The normalized spacial score (nSPS) is 14.5. The predicted molar refractivity (Wildman–Crippen MR) is 35.1 cm³/mol. The minimum Gasteiger partial charge on any atom is -0.394 e. The molecule has 0 saturated heterocycles. The average Bonchev–Trinajstić information content (AvgIpc) is 1.88. The Morgan fingerprint density at radius 3 is 2.36 bits per heavy atom. The lowest BCUT2D eigenvalue weighted by molar-refractivity contribution is -0.126. The summed E-state index contributed by atoms with van der Waals surface area (Å²) >= 11 is 0. The minimum absolute atomic E-state index is 0.375. The van der Waals surface area contributed by atoms with Crippen LogP contribution >= 0.6 is 0 Å². The molecule has 1 unspecified atom stereocenters. The fourth-order valence-electron chi connectivity index (χ4n) is 0.469. The molecule has 0 radical (unpaired) electrons. The highest BCUT2D eigenvalue weighted by Gasteiger charge is 2.27. The zero-order chi connectivity index (χ0) is 8.91. The first-order chi connectivity index (χ1) is 4.99. The molecule has 0 heterocycles. The van der Waals surface area contributed by atoms with Crippen molar-refractivity contribution in [2.24, 2.45) is 0 Å². The summed E-state index contributed by atoms with van der Waals surface area (Å²) in [5.74, 6) is 0. The second-order valence-electron chi connectivity index (χ2n) is 2.02. The van der Waals surface area contributed by atoms with Gasteiger partial charge in [-0.15, -0.1) is 6.58 Å². The average molecular weight is 169 g/mol. The number of rotatable bonds is 4. The van der Waals surface area contributed by atoms with Gasteiger partial charge in [-0.3, -0.25) is 0 Å². The molecule has 0 amide bonds. The van der Waals surface area contributed by atoms with Crippen LogP contribution in [0.25, 0.3) is 0 Å². The van der Waals surface area contributed by atoms with Crippen LogP contribution in [0, 0.1) is 0 Å². The van der Waals surface area contributed by atoms with Crippen LogP contribution in [0.4, 0.5) is 13.2 Å². The summed E-state index contributed by atoms with van der Waals surface area (Å²) in [4.78, 5) is 0. The molecule has 0 saturated carbocycles. The van der Waals surface area contributed by atoms with Crippen LogP contribution in [0.1, 0.15) is 0 Å². The molecule has 0 aliphatic carbocycles. The second-order valence-corrected chi connectivity index (χ2v) is 2.02. The van der Waals surface area contributed by atoms with E-state index in [0.29, 0.717) is 0 Å².